The number of rotatable bonds is 5. The van der Waals surface area contributed by atoms with Crippen LogP contribution in [0.5, 0.6) is 0 Å². The van der Waals surface area contributed by atoms with Gasteiger partial charge < -0.3 is 15.8 Å². The summed E-state index contributed by atoms with van der Waals surface area (Å²) in [4.78, 5) is 25.4. The number of carbonyl (C=O) groups is 2. The van der Waals surface area contributed by atoms with Crippen molar-refractivity contribution >= 4 is 29.3 Å². The highest BCUT2D eigenvalue weighted by Gasteiger charge is 2.33. The van der Waals surface area contributed by atoms with Gasteiger partial charge in [0.15, 0.2) is 0 Å². The molecule has 0 aromatic heterocycles. The average molecular weight is 433 g/mol. The van der Waals surface area contributed by atoms with Crippen molar-refractivity contribution in [2.45, 2.75) is 32.5 Å². The number of hydrogen-bond donors (Lipinski definition) is 2. The lowest BCUT2D eigenvalue weighted by molar-refractivity contribution is -0.137. The Labute approximate surface area is 170 Å². The molecule has 3 N–H and O–H groups in total. The van der Waals surface area contributed by atoms with E-state index in [0.29, 0.717) is 6.07 Å². The quantitative estimate of drug-likeness (QED) is 0.541. The molecule has 2 amide bonds. The van der Waals surface area contributed by atoms with Gasteiger partial charge in [0.05, 0.1) is 10.6 Å². The summed E-state index contributed by atoms with van der Waals surface area (Å²) < 4.78 is 44.0. The lowest BCUT2D eigenvalue weighted by Gasteiger charge is -2.25. The first-order chi connectivity index (χ1) is 13.3. The lowest BCUT2D eigenvalue weighted by Crippen LogP contribution is -2.37. The summed E-state index contributed by atoms with van der Waals surface area (Å²) in [5.74, 6) is -1.02. The summed E-state index contributed by atoms with van der Waals surface area (Å²) in [5, 5.41) is 10.9. The maximum absolute atomic E-state index is 12.9. The molecule has 0 bridgehead atoms. The number of nitrogens with one attached hydrogen (secondary N) is 1. The number of benzene rings is 1. The second-order valence-electron chi connectivity index (χ2n) is 6.76. The van der Waals surface area contributed by atoms with E-state index in [0.717, 1.165) is 23.2 Å². The molecule has 0 atom stereocenters. The molecule has 0 saturated carbocycles. The van der Waals surface area contributed by atoms with E-state index in [1.54, 1.807) is 26.8 Å². The minimum absolute atomic E-state index is 0.0161. The van der Waals surface area contributed by atoms with Crippen molar-refractivity contribution in [2.24, 2.45) is 5.73 Å². The highest BCUT2D eigenvalue weighted by Crippen LogP contribution is 2.36. The molecule has 1 aromatic rings. The molecule has 0 saturated heterocycles. The zero-order valence-electron chi connectivity index (χ0n) is 15.9. The van der Waals surface area contributed by atoms with Crippen molar-refractivity contribution in [3.63, 3.8) is 0 Å². The molecule has 0 heterocycles. The molecule has 11 heteroatoms. The van der Waals surface area contributed by atoms with E-state index in [1.807, 2.05) is 0 Å². The fraction of sp³-hybridized carbons (Fsp3) is 0.389. The Bertz CT molecular complexity index is 842. The topological polar surface area (TPSA) is 108 Å². The standard InChI is InChI=1S/C18H20ClF3N4O3/c1-17(2,3)29-16(28)26(7-6-23)10-11(9-24)15(27)25-12-4-5-14(19)13(8-12)18(20,21)22/h4-5,8,10H,6-7,23H2,1-3H3,(H,25,27)/b11-10-. The number of alkyl halides is 3. The van der Waals surface area contributed by atoms with E-state index >= 15 is 0 Å². The van der Waals surface area contributed by atoms with Crippen molar-refractivity contribution in [1.82, 2.24) is 4.90 Å². The number of carbonyl (C=O) groups excluding carboxylic acids is 2. The van der Waals surface area contributed by atoms with Crippen LogP contribution in [0.2, 0.25) is 5.02 Å². The van der Waals surface area contributed by atoms with Crippen molar-refractivity contribution < 1.29 is 27.5 Å². The van der Waals surface area contributed by atoms with E-state index in [9.17, 15) is 28.0 Å². The second kappa shape index (κ2) is 9.62. The minimum atomic E-state index is -4.72. The Morgan fingerprint density at radius 1 is 1.34 bits per heavy atom. The maximum Gasteiger partial charge on any atom is 0.417 e. The third-order valence-corrected chi connectivity index (χ3v) is 3.51. The van der Waals surface area contributed by atoms with Crippen LogP contribution in [-0.4, -0.2) is 35.6 Å². The molecule has 0 unspecified atom stereocenters. The lowest BCUT2D eigenvalue weighted by atomic mass is 10.2. The van der Waals surface area contributed by atoms with Crippen LogP contribution in [0.15, 0.2) is 30.0 Å². The van der Waals surface area contributed by atoms with E-state index in [4.69, 9.17) is 22.1 Å². The summed E-state index contributed by atoms with van der Waals surface area (Å²) in [5.41, 5.74) is 2.71. The van der Waals surface area contributed by atoms with Crippen LogP contribution in [0.25, 0.3) is 0 Å². The average Bonchev–Trinajstić information content (AvgIpc) is 2.57. The van der Waals surface area contributed by atoms with Gasteiger partial charge in [-0.15, -0.1) is 0 Å². The molecule has 0 aliphatic carbocycles. The number of amides is 2. The number of nitrogens with zero attached hydrogens (tertiary/aromatic N) is 2. The third-order valence-electron chi connectivity index (χ3n) is 3.18. The van der Waals surface area contributed by atoms with E-state index in [1.165, 1.54) is 0 Å². The van der Waals surface area contributed by atoms with Crippen LogP contribution in [0.4, 0.5) is 23.7 Å². The molecule has 29 heavy (non-hydrogen) atoms. The zero-order chi connectivity index (χ0) is 22.4. The number of hydrogen-bond acceptors (Lipinski definition) is 5. The van der Waals surface area contributed by atoms with Gasteiger partial charge in [-0.2, -0.15) is 18.4 Å². The van der Waals surface area contributed by atoms with Crippen LogP contribution in [0.1, 0.15) is 26.3 Å². The van der Waals surface area contributed by atoms with Gasteiger partial charge in [0.25, 0.3) is 5.91 Å². The van der Waals surface area contributed by atoms with Gasteiger partial charge >= 0.3 is 12.3 Å². The predicted octanol–water partition coefficient (Wildman–Crippen LogP) is 3.90. The smallest absolute Gasteiger partial charge is 0.417 e. The molecule has 158 valence electrons. The maximum atomic E-state index is 12.9. The van der Waals surface area contributed by atoms with E-state index in [-0.39, 0.29) is 18.8 Å². The molecule has 0 fully saturated rings. The Hall–Kier alpha value is -2.77. The molecular weight excluding hydrogens is 413 g/mol. The first kappa shape index (κ1) is 24.3. The van der Waals surface area contributed by atoms with Gasteiger partial charge in [-0.1, -0.05) is 11.6 Å². The number of halogens is 4. The number of nitriles is 1. The molecule has 0 spiro atoms. The van der Waals surface area contributed by atoms with Crippen molar-refractivity contribution in [3.05, 3.63) is 40.6 Å². The van der Waals surface area contributed by atoms with Gasteiger partial charge in [-0.3, -0.25) is 9.69 Å². The number of nitrogens with two attached hydrogens (primary N) is 1. The fourth-order valence-electron chi connectivity index (χ4n) is 1.98. The highest BCUT2D eigenvalue weighted by atomic mass is 35.5. The van der Waals surface area contributed by atoms with Crippen LogP contribution in [0.3, 0.4) is 0 Å². The normalized spacial score (nSPS) is 12.2. The monoisotopic (exact) mass is 432 g/mol. The third kappa shape index (κ3) is 7.63. The first-order valence-electron chi connectivity index (χ1n) is 8.28. The Balaban J connectivity index is 3.11. The summed E-state index contributed by atoms with van der Waals surface area (Å²) in [6, 6.07) is 4.35. The molecular formula is C18H20ClF3N4O3. The predicted molar refractivity (Wildman–Crippen MR) is 101 cm³/mol. The Morgan fingerprint density at radius 2 is 1.97 bits per heavy atom. The van der Waals surface area contributed by atoms with Crippen LogP contribution in [0, 0.1) is 11.3 Å². The molecule has 7 nitrogen and oxygen atoms in total. The summed E-state index contributed by atoms with van der Waals surface area (Å²) in [7, 11) is 0. The van der Waals surface area contributed by atoms with Crippen molar-refractivity contribution in [3.8, 4) is 6.07 Å². The summed E-state index contributed by atoms with van der Waals surface area (Å²) >= 11 is 5.53. The second-order valence-corrected chi connectivity index (χ2v) is 7.17. The first-order valence-corrected chi connectivity index (χ1v) is 8.66. The van der Waals surface area contributed by atoms with Gasteiger partial charge in [0, 0.05) is 25.0 Å². The molecule has 1 aromatic carbocycles. The Kier molecular flexibility index (Phi) is 8.05. The van der Waals surface area contributed by atoms with Gasteiger partial charge in [-0.05, 0) is 39.0 Å². The Morgan fingerprint density at radius 3 is 2.45 bits per heavy atom. The van der Waals surface area contributed by atoms with Crippen molar-refractivity contribution in [1.29, 1.82) is 5.26 Å². The van der Waals surface area contributed by atoms with Crippen LogP contribution < -0.4 is 11.1 Å². The minimum Gasteiger partial charge on any atom is -0.443 e. The van der Waals surface area contributed by atoms with Gasteiger partial charge in [0.2, 0.25) is 0 Å². The molecule has 0 aliphatic heterocycles. The zero-order valence-corrected chi connectivity index (χ0v) is 16.7. The van der Waals surface area contributed by atoms with Crippen LogP contribution in [-0.2, 0) is 15.7 Å². The van der Waals surface area contributed by atoms with E-state index < -0.39 is 39.9 Å². The SMILES string of the molecule is CC(C)(C)OC(=O)N(/C=C(/C#N)C(=O)Nc1ccc(Cl)c(C(F)(F)F)c1)CCN. The number of ether oxygens (including phenoxy) is 1. The summed E-state index contributed by atoms with van der Waals surface area (Å²) in [6.07, 6.45) is -4.63. The largest absolute Gasteiger partial charge is 0.443 e. The van der Waals surface area contributed by atoms with Gasteiger partial charge in [0.1, 0.15) is 17.2 Å². The fourth-order valence-corrected chi connectivity index (χ4v) is 2.21. The van der Waals surface area contributed by atoms with Crippen molar-refractivity contribution in [2.75, 3.05) is 18.4 Å². The van der Waals surface area contributed by atoms with Crippen LogP contribution >= 0.6 is 11.6 Å². The van der Waals surface area contributed by atoms with E-state index in [2.05, 4.69) is 5.32 Å². The molecule has 1 rings (SSSR count). The molecule has 0 aliphatic rings. The summed E-state index contributed by atoms with van der Waals surface area (Å²) in [6.45, 7) is 4.86. The number of anilines is 1. The molecule has 0 radical (unpaired) electrons. The van der Waals surface area contributed by atoms with Gasteiger partial charge in [-0.25, -0.2) is 4.79 Å². The highest BCUT2D eigenvalue weighted by molar-refractivity contribution is 6.31.